The molecule has 1 saturated heterocycles. The third-order valence-electron chi connectivity index (χ3n) is 7.88. The van der Waals surface area contributed by atoms with Gasteiger partial charge in [0.2, 0.25) is 0 Å². The molecule has 0 saturated carbocycles. The molecule has 45 heavy (non-hydrogen) atoms. The molecule has 0 spiro atoms. The monoisotopic (exact) mass is 638 g/mol. The Balaban J connectivity index is 1.34. The summed E-state index contributed by atoms with van der Waals surface area (Å²) < 4.78 is 14.4. The maximum Gasteiger partial charge on any atom is 0.337 e. The average molecular weight is 639 g/mol. The topological polar surface area (TPSA) is 99.4 Å². The highest BCUT2D eigenvalue weighted by atomic mass is 35.5. The van der Waals surface area contributed by atoms with Crippen LogP contribution < -0.4 is 0 Å². The first-order valence-electron chi connectivity index (χ1n) is 14.7. The number of hydrogen-bond acceptors (Lipinski definition) is 7. The zero-order valence-corrected chi connectivity index (χ0v) is 26.8. The summed E-state index contributed by atoms with van der Waals surface area (Å²) in [5.41, 5.74) is 6.95. The number of aryl methyl sites for hydroxylation is 1. The fraction of sp³-hybridized carbons (Fsp3) is 0.257. The van der Waals surface area contributed by atoms with Crippen LogP contribution >= 0.6 is 22.9 Å². The maximum atomic E-state index is 12.7. The summed E-state index contributed by atoms with van der Waals surface area (Å²) in [7, 11) is 0. The van der Waals surface area contributed by atoms with Crippen molar-refractivity contribution in [2.45, 2.75) is 45.4 Å². The lowest BCUT2D eigenvalue weighted by molar-refractivity contribution is -0.160. The smallest absolute Gasteiger partial charge is 0.337 e. The second-order valence-electron chi connectivity index (χ2n) is 12.3. The highest BCUT2D eigenvalue weighted by Gasteiger charge is 2.32. The van der Waals surface area contributed by atoms with Gasteiger partial charge in [0.25, 0.3) is 0 Å². The van der Waals surface area contributed by atoms with E-state index in [9.17, 15) is 9.90 Å². The van der Waals surface area contributed by atoms with Crippen molar-refractivity contribution in [3.8, 4) is 33.0 Å². The van der Waals surface area contributed by atoms with Crippen molar-refractivity contribution >= 4 is 50.0 Å². The number of fused-ring (bicyclic) bond motifs is 2. The number of carboxylic acid groups (broad SMARTS) is 1. The first kappa shape index (κ1) is 29.6. The van der Waals surface area contributed by atoms with Crippen LogP contribution in [-0.2, 0) is 14.3 Å². The van der Waals surface area contributed by atoms with E-state index < -0.39 is 17.7 Å². The van der Waals surface area contributed by atoms with Crippen molar-refractivity contribution in [1.29, 1.82) is 0 Å². The van der Waals surface area contributed by atoms with Crippen LogP contribution in [0.3, 0.4) is 0 Å². The molecule has 3 aromatic heterocycles. The Morgan fingerprint density at radius 2 is 1.82 bits per heavy atom. The minimum absolute atomic E-state index is 0.279. The van der Waals surface area contributed by atoms with Crippen LogP contribution in [0, 0.1) is 6.92 Å². The zero-order chi connectivity index (χ0) is 31.5. The highest BCUT2D eigenvalue weighted by Crippen LogP contribution is 2.44. The van der Waals surface area contributed by atoms with E-state index in [0.29, 0.717) is 23.8 Å². The number of thiazole rings is 1. The van der Waals surface area contributed by atoms with E-state index in [1.54, 1.807) is 6.20 Å². The molecule has 1 atom stereocenters. The second kappa shape index (κ2) is 11.3. The van der Waals surface area contributed by atoms with Crippen LogP contribution in [0.5, 0.6) is 0 Å². The van der Waals surface area contributed by atoms with Crippen molar-refractivity contribution in [2.24, 2.45) is 0 Å². The van der Waals surface area contributed by atoms with Gasteiger partial charge in [0.15, 0.2) is 6.10 Å². The number of aromatic nitrogens is 4. The number of aliphatic carboxylic acids is 1. The van der Waals surface area contributed by atoms with Crippen molar-refractivity contribution in [2.75, 3.05) is 13.2 Å². The summed E-state index contributed by atoms with van der Waals surface area (Å²) in [4.78, 5) is 22.4. The third-order valence-corrected chi connectivity index (χ3v) is 9.27. The summed E-state index contributed by atoms with van der Waals surface area (Å²) in [6.07, 6.45) is 2.51. The molecule has 0 aliphatic carbocycles. The van der Waals surface area contributed by atoms with Crippen LogP contribution in [-0.4, -0.2) is 49.6 Å². The van der Waals surface area contributed by atoms with Gasteiger partial charge in [-0.3, -0.25) is 9.67 Å². The Labute approximate surface area is 269 Å². The molecule has 6 aromatic rings. The SMILES string of the molecule is Cc1cc2nc(-c3ccnc(-c4ccc5c(cnn5C5COC5)c4)c3)sc2c(-c2ccc(Cl)cc2)c1[C@H](OC(C)(C)C)C(=O)O. The number of nitrogens with zero attached hydrogens (tertiary/aromatic N) is 4. The van der Waals surface area contributed by atoms with E-state index in [4.69, 9.17) is 26.1 Å². The molecule has 228 valence electrons. The van der Waals surface area contributed by atoms with Gasteiger partial charge in [-0.15, -0.1) is 11.3 Å². The summed E-state index contributed by atoms with van der Waals surface area (Å²) in [6.45, 7) is 8.86. The van der Waals surface area contributed by atoms with Gasteiger partial charge >= 0.3 is 5.97 Å². The van der Waals surface area contributed by atoms with Crippen molar-refractivity contribution < 1.29 is 19.4 Å². The molecule has 1 aliphatic heterocycles. The number of hydrogen-bond donors (Lipinski definition) is 1. The largest absolute Gasteiger partial charge is 0.479 e. The molecule has 1 aliphatic rings. The summed E-state index contributed by atoms with van der Waals surface area (Å²) in [6, 6.07) is 19.9. The summed E-state index contributed by atoms with van der Waals surface area (Å²) in [5.74, 6) is -1.05. The lowest BCUT2D eigenvalue weighted by Crippen LogP contribution is -2.31. The summed E-state index contributed by atoms with van der Waals surface area (Å²) in [5, 5.41) is 17.4. The van der Waals surface area contributed by atoms with Gasteiger partial charge in [-0.05, 0) is 81.3 Å². The molecular weight excluding hydrogens is 608 g/mol. The predicted molar refractivity (Wildman–Crippen MR) is 178 cm³/mol. The second-order valence-corrected chi connectivity index (χ2v) is 13.7. The van der Waals surface area contributed by atoms with Crippen LogP contribution in [0.4, 0.5) is 0 Å². The van der Waals surface area contributed by atoms with Gasteiger partial charge < -0.3 is 14.6 Å². The number of ether oxygens (including phenoxy) is 2. The summed E-state index contributed by atoms with van der Waals surface area (Å²) >= 11 is 7.77. The first-order chi connectivity index (χ1) is 21.6. The van der Waals surface area contributed by atoms with Gasteiger partial charge in [0.1, 0.15) is 5.01 Å². The molecule has 0 unspecified atom stereocenters. The molecule has 1 fully saturated rings. The standard InChI is InChI=1S/C35H31ClN4O4S/c1-19-13-27-32(30(20-5-8-24(36)9-6-20)29(19)31(34(41)42)44-35(2,3)4)45-33(39-27)22-11-12-37-26(15-22)21-7-10-28-23(14-21)16-38-40(28)25-17-43-18-25/h5-16,25,31H,17-18H2,1-4H3,(H,41,42)/t31-/m0/s1. The molecule has 0 amide bonds. The molecule has 10 heteroatoms. The van der Waals surface area contributed by atoms with E-state index in [1.165, 1.54) is 11.3 Å². The van der Waals surface area contributed by atoms with Crippen LogP contribution in [0.25, 0.3) is 54.1 Å². The van der Waals surface area contributed by atoms with E-state index in [1.807, 2.05) is 81.0 Å². The molecule has 0 bridgehead atoms. The Morgan fingerprint density at radius 3 is 2.51 bits per heavy atom. The molecule has 0 radical (unpaired) electrons. The number of benzene rings is 3. The normalized spacial score (nSPS) is 14.6. The van der Waals surface area contributed by atoms with Gasteiger partial charge in [-0.1, -0.05) is 29.8 Å². The highest BCUT2D eigenvalue weighted by molar-refractivity contribution is 7.22. The van der Waals surface area contributed by atoms with Gasteiger partial charge in [0, 0.05) is 38.9 Å². The van der Waals surface area contributed by atoms with Crippen molar-refractivity contribution in [3.05, 3.63) is 89.2 Å². The molecule has 7 rings (SSSR count). The van der Waals surface area contributed by atoms with Gasteiger partial charge in [-0.2, -0.15) is 5.10 Å². The quantitative estimate of drug-likeness (QED) is 0.187. The number of pyridine rings is 1. The van der Waals surface area contributed by atoms with Crippen molar-refractivity contribution in [3.63, 3.8) is 0 Å². The van der Waals surface area contributed by atoms with E-state index in [0.717, 1.165) is 59.6 Å². The van der Waals surface area contributed by atoms with Gasteiger partial charge in [0.05, 0.1) is 52.5 Å². The third kappa shape index (κ3) is 5.61. The van der Waals surface area contributed by atoms with E-state index >= 15 is 0 Å². The number of carboxylic acids is 1. The average Bonchev–Trinajstić information content (AvgIpc) is 3.59. The number of halogens is 1. The van der Waals surface area contributed by atoms with Crippen LogP contribution in [0.1, 0.15) is 44.0 Å². The maximum absolute atomic E-state index is 12.7. The molecule has 8 nitrogen and oxygen atoms in total. The fourth-order valence-corrected chi connectivity index (χ4v) is 7.00. The van der Waals surface area contributed by atoms with Crippen LogP contribution in [0.15, 0.2) is 73.1 Å². The molecule has 1 N–H and O–H groups in total. The predicted octanol–water partition coefficient (Wildman–Crippen LogP) is 8.52. The van der Waals surface area contributed by atoms with Gasteiger partial charge in [-0.25, -0.2) is 9.78 Å². The molecule has 4 heterocycles. The Bertz CT molecular complexity index is 2080. The van der Waals surface area contributed by atoms with Crippen molar-refractivity contribution in [1.82, 2.24) is 19.7 Å². The number of rotatable bonds is 7. The zero-order valence-electron chi connectivity index (χ0n) is 25.2. The molecule has 3 aromatic carbocycles. The Hall–Kier alpha value is -4.15. The Morgan fingerprint density at radius 1 is 1.07 bits per heavy atom. The Kier molecular flexibility index (Phi) is 7.44. The van der Waals surface area contributed by atoms with Crippen LogP contribution in [0.2, 0.25) is 5.02 Å². The van der Waals surface area contributed by atoms with E-state index in [2.05, 4.69) is 28.3 Å². The van der Waals surface area contributed by atoms with E-state index in [-0.39, 0.29) is 6.04 Å². The number of carbonyl (C=O) groups is 1. The minimum atomic E-state index is -1.17. The first-order valence-corrected chi connectivity index (χ1v) is 15.9. The lowest BCUT2D eigenvalue weighted by Gasteiger charge is -2.28. The fourth-order valence-electron chi connectivity index (χ4n) is 5.75. The lowest BCUT2D eigenvalue weighted by atomic mass is 9.91. The molecular formula is C35H31ClN4O4S. The minimum Gasteiger partial charge on any atom is -0.479 e.